The summed E-state index contributed by atoms with van der Waals surface area (Å²) in [5, 5.41) is 9.31. The van der Waals surface area contributed by atoms with E-state index in [1.54, 1.807) is 23.4 Å². The predicted molar refractivity (Wildman–Crippen MR) is 259 cm³/mol. The molecular formula is C50H45BrN2O10S2. The van der Waals surface area contributed by atoms with Gasteiger partial charge in [0.2, 0.25) is 0 Å². The highest BCUT2D eigenvalue weighted by Gasteiger charge is 2.25. The lowest BCUT2D eigenvalue weighted by Gasteiger charge is -2.15. The number of hydrogen-bond donors (Lipinski definition) is 1. The Morgan fingerprint density at radius 3 is 1.42 bits per heavy atom. The van der Waals surface area contributed by atoms with Crippen molar-refractivity contribution in [3.63, 3.8) is 0 Å². The van der Waals surface area contributed by atoms with Crippen LogP contribution in [0, 0.1) is 0 Å². The minimum Gasteiger partial charge on any atom is -0.497 e. The topological polar surface area (TPSA) is 152 Å². The molecule has 0 spiro atoms. The van der Waals surface area contributed by atoms with E-state index in [0.29, 0.717) is 29.7 Å². The van der Waals surface area contributed by atoms with Crippen LogP contribution in [0.2, 0.25) is 0 Å². The molecule has 12 nitrogen and oxygen atoms in total. The molecule has 0 amide bonds. The molecule has 0 radical (unpaired) electrons. The van der Waals surface area contributed by atoms with Crippen LogP contribution in [0.25, 0.3) is 20.4 Å². The van der Waals surface area contributed by atoms with Gasteiger partial charge in [-0.05, 0) is 93.8 Å². The third-order valence-corrected chi connectivity index (χ3v) is 12.4. The molecule has 0 aliphatic heterocycles. The molecule has 8 rings (SSSR count). The summed E-state index contributed by atoms with van der Waals surface area (Å²) < 4.78 is 28.0. The van der Waals surface area contributed by atoms with Crippen LogP contribution in [0.15, 0.2) is 140 Å². The first-order valence-corrected chi connectivity index (χ1v) is 22.6. The van der Waals surface area contributed by atoms with Gasteiger partial charge in [0.05, 0.1) is 62.7 Å². The van der Waals surface area contributed by atoms with Crippen LogP contribution < -0.4 is 30.1 Å². The van der Waals surface area contributed by atoms with E-state index >= 15 is 0 Å². The van der Waals surface area contributed by atoms with Crippen LogP contribution >= 0.6 is 38.6 Å². The molecule has 0 unspecified atom stereocenters. The smallest absolute Gasteiger partial charge is 0.300 e. The van der Waals surface area contributed by atoms with E-state index in [9.17, 15) is 19.2 Å². The lowest BCUT2D eigenvalue weighted by Crippen LogP contribution is -2.25. The molecule has 0 saturated heterocycles. The molecular weight excluding hydrogens is 933 g/mol. The fraction of sp³-hybridized carbons (Fsp3) is 0.180. The summed E-state index contributed by atoms with van der Waals surface area (Å²) in [6, 6.07) is 38.0. The number of carboxylic acid groups (broad SMARTS) is 1. The van der Waals surface area contributed by atoms with E-state index < -0.39 is 5.97 Å². The summed E-state index contributed by atoms with van der Waals surface area (Å²) in [6.07, 6.45) is 0. The number of nitrogens with zero attached hydrogens (tertiary/aromatic N) is 2. The van der Waals surface area contributed by atoms with E-state index in [4.69, 9.17) is 28.8 Å². The molecule has 4 aromatic carbocycles. The van der Waals surface area contributed by atoms with Gasteiger partial charge >= 0.3 is 0 Å². The molecule has 1 N–H and O–H groups in total. The number of rotatable bonds is 14. The summed E-state index contributed by atoms with van der Waals surface area (Å²) in [6.45, 7) is 5.16. The number of aliphatic carboxylic acids is 1. The second-order valence-electron chi connectivity index (χ2n) is 14.5. The van der Waals surface area contributed by atoms with Crippen molar-refractivity contribution >= 4 is 76.6 Å². The zero-order valence-electron chi connectivity index (χ0n) is 36.2. The number of methoxy groups -OCH3 is 2. The highest BCUT2D eigenvalue weighted by Crippen LogP contribution is 2.36. The summed E-state index contributed by atoms with van der Waals surface area (Å²) in [7, 11) is 3.23. The summed E-state index contributed by atoms with van der Waals surface area (Å²) in [5.41, 5.74) is 5.24. The highest BCUT2D eigenvalue weighted by atomic mass is 79.9. The molecule has 0 saturated carbocycles. The number of thiophene rings is 2. The minimum absolute atomic E-state index is 0.0896. The highest BCUT2D eigenvalue weighted by molar-refractivity contribution is 9.11. The molecule has 4 heterocycles. The fourth-order valence-corrected chi connectivity index (χ4v) is 9.49. The fourth-order valence-electron chi connectivity index (χ4n) is 6.83. The van der Waals surface area contributed by atoms with Gasteiger partial charge in [-0.3, -0.25) is 33.1 Å². The van der Waals surface area contributed by atoms with Crippen molar-refractivity contribution in [3.05, 3.63) is 185 Å². The first kappa shape index (κ1) is 47.7. The standard InChI is InChI=1S/C24H20BrNO4S.C24H21NO4S.C2H4O2/c1-15(27)21-22(30-14-17-6-4-3-5-7-17)24(28)26(19-12-20(25)31-23(19)21)13-16-8-10-18(29-2)11-9-16;1-16(26)21-22(29-15-18-6-4-3-5-7-18)24(27)25(20-12-13-30-23(20)21)14-17-8-10-19(28-2)11-9-17;1-2(3)4/h3-12H,13-14H2,1-2H3;3-13H,14-15H2,1-2H3;1H3,(H,3,4). The second kappa shape index (κ2) is 22.2. The molecule has 334 valence electrons. The molecule has 15 heteroatoms. The predicted octanol–water partition coefficient (Wildman–Crippen LogP) is 10.7. The number of fused-ring (bicyclic) bond motifs is 2. The van der Waals surface area contributed by atoms with Crippen molar-refractivity contribution in [2.24, 2.45) is 0 Å². The Hall–Kier alpha value is -6.81. The number of carbonyl (C=O) groups excluding carboxylic acids is 2. The van der Waals surface area contributed by atoms with Gasteiger partial charge in [0.15, 0.2) is 23.1 Å². The van der Waals surface area contributed by atoms with Crippen molar-refractivity contribution in [1.29, 1.82) is 0 Å². The molecule has 0 aliphatic carbocycles. The number of hydrogen-bond acceptors (Lipinski definition) is 11. The Bertz CT molecular complexity index is 3050. The van der Waals surface area contributed by atoms with E-state index in [1.165, 1.54) is 36.5 Å². The molecule has 8 aromatic rings. The Labute approximate surface area is 391 Å². The monoisotopic (exact) mass is 976 g/mol. The van der Waals surface area contributed by atoms with Crippen molar-refractivity contribution < 1.29 is 38.4 Å². The number of benzene rings is 4. The molecule has 65 heavy (non-hydrogen) atoms. The van der Waals surface area contributed by atoms with Gasteiger partial charge in [0.1, 0.15) is 24.7 Å². The summed E-state index contributed by atoms with van der Waals surface area (Å²) >= 11 is 6.36. The number of aromatic nitrogens is 2. The van der Waals surface area contributed by atoms with Crippen LogP contribution in [0.3, 0.4) is 0 Å². The van der Waals surface area contributed by atoms with Crippen molar-refractivity contribution in [1.82, 2.24) is 9.13 Å². The zero-order chi connectivity index (χ0) is 46.6. The average Bonchev–Trinajstić information content (AvgIpc) is 3.94. The minimum atomic E-state index is -0.833. The van der Waals surface area contributed by atoms with Crippen LogP contribution in [-0.4, -0.2) is 46.0 Å². The Morgan fingerprint density at radius 2 is 1.00 bits per heavy atom. The second-order valence-corrected chi connectivity index (χ2v) is 17.8. The van der Waals surface area contributed by atoms with Gasteiger partial charge < -0.3 is 24.1 Å². The quantitative estimate of drug-likeness (QED) is 0.104. The summed E-state index contributed by atoms with van der Waals surface area (Å²) in [5.74, 6) is 0.487. The zero-order valence-corrected chi connectivity index (χ0v) is 39.4. The molecule has 4 aromatic heterocycles. The van der Waals surface area contributed by atoms with Crippen LogP contribution in [0.5, 0.6) is 23.0 Å². The number of halogens is 1. The van der Waals surface area contributed by atoms with Gasteiger partial charge in [0, 0.05) is 6.92 Å². The normalized spacial score (nSPS) is 10.6. The summed E-state index contributed by atoms with van der Waals surface area (Å²) in [4.78, 5) is 60.9. The van der Waals surface area contributed by atoms with Crippen molar-refractivity contribution in [2.75, 3.05) is 14.2 Å². The first-order chi connectivity index (χ1) is 31.3. The van der Waals surface area contributed by atoms with Crippen LogP contribution in [0.1, 0.15) is 63.7 Å². The largest absolute Gasteiger partial charge is 0.497 e. The van der Waals surface area contributed by atoms with E-state index in [0.717, 1.165) is 59.4 Å². The maximum Gasteiger partial charge on any atom is 0.300 e. The SMILES string of the molecule is CC(=O)O.COc1ccc(Cn2c(=O)c(OCc3ccccc3)c(C(C)=O)c3sc(Br)cc32)cc1.COc1ccc(Cn2c(=O)c(OCc3ccccc3)c(C(C)=O)c3sccc32)cc1. The lowest BCUT2D eigenvalue weighted by molar-refractivity contribution is -0.134. The van der Waals surface area contributed by atoms with E-state index in [-0.39, 0.29) is 47.4 Å². The third kappa shape index (κ3) is 11.9. The number of ketones is 2. The molecule has 0 aliphatic rings. The van der Waals surface area contributed by atoms with E-state index in [2.05, 4.69) is 15.9 Å². The van der Waals surface area contributed by atoms with Gasteiger partial charge in [-0.1, -0.05) is 84.9 Å². The van der Waals surface area contributed by atoms with Gasteiger partial charge in [0.25, 0.3) is 17.1 Å². The lowest BCUT2D eigenvalue weighted by atomic mass is 10.1. The molecule has 0 bridgehead atoms. The molecule has 0 atom stereocenters. The Kier molecular flexibility index (Phi) is 16.3. The molecule has 0 fully saturated rings. The Balaban J connectivity index is 0.000000199. The number of carbonyl (C=O) groups is 3. The first-order valence-electron chi connectivity index (χ1n) is 20.1. The number of Topliss-reactive ketones (excluding diaryl/α,β-unsaturated/α-hetero) is 2. The maximum absolute atomic E-state index is 13.5. The Morgan fingerprint density at radius 1 is 0.585 bits per heavy atom. The van der Waals surface area contributed by atoms with Gasteiger partial charge in [-0.15, -0.1) is 22.7 Å². The van der Waals surface area contributed by atoms with Gasteiger partial charge in [-0.25, -0.2) is 0 Å². The van der Waals surface area contributed by atoms with Gasteiger partial charge in [-0.2, -0.15) is 0 Å². The number of ether oxygens (including phenoxy) is 4. The van der Waals surface area contributed by atoms with Crippen LogP contribution in [-0.2, 0) is 31.1 Å². The third-order valence-electron chi connectivity index (χ3n) is 9.85. The van der Waals surface area contributed by atoms with Crippen LogP contribution in [0.4, 0.5) is 0 Å². The van der Waals surface area contributed by atoms with Crippen molar-refractivity contribution in [2.45, 2.75) is 47.1 Å². The van der Waals surface area contributed by atoms with E-state index in [1.807, 2.05) is 127 Å². The number of pyridine rings is 2. The number of carboxylic acids is 1. The average molecular weight is 978 g/mol. The maximum atomic E-state index is 13.5. The van der Waals surface area contributed by atoms with Crippen molar-refractivity contribution in [3.8, 4) is 23.0 Å².